The van der Waals surface area contributed by atoms with Gasteiger partial charge in [-0.25, -0.2) is 24.9 Å². The van der Waals surface area contributed by atoms with Crippen LogP contribution in [0, 0.1) is 0 Å². The second kappa shape index (κ2) is 38.6. The maximum atomic E-state index is 10.6. The summed E-state index contributed by atoms with van der Waals surface area (Å²) >= 11 is 60.9. The van der Waals surface area contributed by atoms with Crippen molar-refractivity contribution in [3.05, 3.63) is 294 Å². The fourth-order valence-corrected chi connectivity index (χ4v) is 8.39. The highest BCUT2D eigenvalue weighted by Gasteiger charge is 2.06. The van der Waals surface area contributed by atoms with Gasteiger partial charge in [0.2, 0.25) is 0 Å². The molecule has 0 fully saturated rings. The third kappa shape index (κ3) is 27.4. The molecule has 0 aliphatic heterocycles. The first kappa shape index (κ1) is 70.2. The SMILES string of the molecule is Clc1ccc(CNc2ccc(Br)c(Cl)n2)cc1.Clc1ccc(CNc2cccc(Cl)n2)cc1.Nc1cccc(Cl)n1.O=Cc1ccc(CCc2ccc(Cl)cc2)nc1Cl.O=Cc1ccc(Cl)cc1.O=Cc1ccc(NCc2ccc(Cl)cc2)nc1Cl. The Morgan fingerprint density at radius 2 is 0.744 bits per heavy atom. The molecule has 0 unspecified atom stereocenters. The van der Waals surface area contributed by atoms with Crippen LogP contribution in [0.2, 0.25) is 50.9 Å². The number of aryl methyl sites for hydroxylation is 2. The average molecular weight is 1420 g/mol. The number of carbonyl (C=O) groups excluding carboxylic acids is 3. The molecule has 0 spiro atoms. The van der Waals surface area contributed by atoms with Crippen molar-refractivity contribution in [1.82, 2.24) is 24.9 Å². The predicted octanol–water partition coefficient (Wildman–Crippen LogP) is 20.0. The maximum absolute atomic E-state index is 10.6. The van der Waals surface area contributed by atoms with Gasteiger partial charge in [0.1, 0.15) is 55.3 Å². The monoisotopic (exact) mass is 1410 g/mol. The van der Waals surface area contributed by atoms with E-state index in [4.69, 9.17) is 122 Å². The van der Waals surface area contributed by atoms with Gasteiger partial charge in [-0.2, -0.15) is 0 Å². The number of benzene rings is 5. The Bertz CT molecular complexity index is 3590. The average Bonchev–Trinajstić information content (AvgIpc) is 3.60. The molecular formula is C63H50BrCl10N9O3. The number of hydrogen-bond acceptors (Lipinski definition) is 12. The zero-order chi connectivity index (χ0) is 62.2. The van der Waals surface area contributed by atoms with Crippen molar-refractivity contribution in [2.24, 2.45) is 0 Å². The number of nitrogens with two attached hydrogens (primary N) is 1. The molecule has 0 aliphatic rings. The van der Waals surface area contributed by atoms with Gasteiger partial charge in [-0.15, -0.1) is 0 Å². The van der Waals surface area contributed by atoms with Crippen molar-refractivity contribution in [1.29, 1.82) is 0 Å². The molecule has 0 radical (unpaired) electrons. The van der Waals surface area contributed by atoms with Crippen LogP contribution in [0.15, 0.2) is 199 Å². The lowest BCUT2D eigenvalue weighted by Gasteiger charge is -2.06. The van der Waals surface area contributed by atoms with E-state index in [0.717, 1.165) is 72.7 Å². The normalized spacial score (nSPS) is 9.99. The van der Waals surface area contributed by atoms with Crippen LogP contribution < -0.4 is 21.7 Å². The van der Waals surface area contributed by atoms with Gasteiger partial charge < -0.3 is 21.7 Å². The molecule has 10 aromatic rings. The Kier molecular flexibility index (Phi) is 31.5. The Labute approximate surface area is 556 Å². The summed E-state index contributed by atoms with van der Waals surface area (Å²) in [6.45, 7) is 1.99. The van der Waals surface area contributed by atoms with Crippen LogP contribution in [0.3, 0.4) is 0 Å². The highest BCUT2D eigenvalue weighted by atomic mass is 79.9. The molecule has 0 amide bonds. The lowest BCUT2D eigenvalue weighted by molar-refractivity contribution is 0.111. The first-order valence-electron chi connectivity index (χ1n) is 25.3. The number of nitrogens with zero attached hydrogens (tertiary/aromatic N) is 5. The maximum Gasteiger partial charge on any atom is 0.153 e. The molecule has 0 saturated carbocycles. The molecule has 0 atom stereocenters. The molecule has 23 heteroatoms. The highest BCUT2D eigenvalue weighted by Crippen LogP contribution is 2.23. The fourth-order valence-electron chi connectivity index (χ4n) is 6.64. The van der Waals surface area contributed by atoms with Gasteiger partial charge in [-0.1, -0.05) is 189 Å². The first-order chi connectivity index (χ1) is 41.4. The minimum Gasteiger partial charge on any atom is -0.384 e. The third-order valence-corrected chi connectivity index (χ3v) is 14.5. The zero-order valence-corrected chi connectivity index (χ0v) is 54.1. The summed E-state index contributed by atoms with van der Waals surface area (Å²) in [4.78, 5) is 51.6. The second-order valence-electron chi connectivity index (χ2n) is 17.4. The molecule has 5 aromatic heterocycles. The lowest BCUT2D eigenvalue weighted by atomic mass is 10.1. The standard InChI is InChI=1S/C14H11Cl2NO.C13H10Cl2N2O.C12H9BrCl2N2.C12H10Cl2N2.C7H5ClO.C5H5ClN2/c15-12-5-1-10(2-6-12)3-7-13-8-4-11(9-18)14(16)17-13;14-11-4-1-9(2-5-11)7-16-12-6-3-10(8-18)13(15)17-12;13-10-5-6-11(17-12(10)15)16-7-8-1-3-9(14)4-2-8;13-10-6-4-9(5-7-10)8-15-12-3-1-2-11(14)16-12;8-7-3-1-6(5-9)2-4-7;6-4-2-1-3-5(7)8-4/h1-2,4-6,8-9H,3,7H2;1-6,8H,7H2,(H,16,17);1-6H,7H2,(H,16,17);1-7H,8H2,(H,15,16);1-5H;1-3H,(H2,7,8). The van der Waals surface area contributed by atoms with Gasteiger partial charge in [-0.3, -0.25) is 14.4 Å². The summed E-state index contributed by atoms with van der Waals surface area (Å²) < 4.78 is 0.788. The van der Waals surface area contributed by atoms with E-state index in [0.29, 0.717) is 86.0 Å². The lowest BCUT2D eigenvalue weighted by Crippen LogP contribution is -2.02. The van der Waals surface area contributed by atoms with E-state index < -0.39 is 0 Å². The number of aldehydes is 3. The summed E-state index contributed by atoms with van der Waals surface area (Å²) in [7, 11) is 0. The number of halogens is 11. The van der Waals surface area contributed by atoms with E-state index in [9.17, 15) is 14.4 Å². The Morgan fingerprint density at radius 3 is 1.13 bits per heavy atom. The van der Waals surface area contributed by atoms with Gasteiger partial charge in [0.05, 0.1) is 15.6 Å². The third-order valence-electron chi connectivity index (χ3n) is 11.1. The van der Waals surface area contributed by atoms with E-state index >= 15 is 0 Å². The molecule has 12 nitrogen and oxygen atoms in total. The number of carbonyl (C=O) groups is 3. The molecule has 10 rings (SSSR count). The summed E-state index contributed by atoms with van der Waals surface area (Å²) in [5, 5.41) is 14.9. The highest BCUT2D eigenvalue weighted by molar-refractivity contribution is 9.10. The van der Waals surface area contributed by atoms with Crippen LogP contribution in [-0.4, -0.2) is 43.8 Å². The van der Waals surface area contributed by atoms with Gasteiger partial charge in [0.25, 0.3) is 0 Å². The van der Waals surface area contributed by atoms with Crippen LogP contribution in [0.25, 0.3) is 0 Å². The quantitative estimate of drug-likeness (QED) is 0.0565. The summed E-state index contributed by atoms with van der Waals surface area (Å²) in [6, 6.07) is 58.5. The largest absolute Gasteiger partial charge is 0.384 e. The Balaban J connectivity index is 0.000000192. The molecule has 0 bridgehead atoms. The molecule has 5 heterocycles. The van der Waals surface area contributed by atoms with Crippen molar-refractivity contribution in [3.8, 4) is 0 Å². The van der Waals surface area contributed by atoms with Gasteiger partial charge in [0, 0.05) is 56.0 Å². The molecule has 0 aliphatic carbocycles. The van der Waals surface area contributed by atoms with Crippen molar-refractivity contribution < 1.29 is 14.4 Å². The number of aromatic nitrogens is 5. The molecule has 442 valence electrons. The minimum absolute atomic E-state index is 0.200. The zero-order valence-electron chi connectivity index (χ0n) is 44.9. The van der Waals surface area contributed by atoms with E-state index in [2.05, 4.69) is 56.8 Å². The fraction of sp³-hybridized carbons (Fsp3) is 0.0794. The molecule has 86 heavy (non-hydrogen) atoms. The number of nitrogens with one attached hydrogen (secondary N) is 3. The van der Waals surface area contributed by atoms with Crippen molar-refractivity contribution >= 4 is 174 Å². The molecule has 5 N–H and O–H groups in total. The Hall–Kier alpha value is -6.56. The van der Waals surface area contributed by atoms with Gasteiger partial charge in [0.15, 0.2) is 12.6 Å². The summed E-state index contributed by atoms with van der Waals surface area (Å²) in [5.41, 5.74) is 12.1. The second-order valence-corrected chi connectivity index (χ2v) is 22.3. The van der Waals surface area contributed by atoms with E-state index in [-0.39, 0.29) is 10.3 Å². The minimum atomic E-state index is 0.200. The van der Waals surface area contributed by atoms with E-state index in [1.165, 1.54) is 5.56 Å². The number of pyridine rings is 5. The number of hydrogen-bond donors (Lipinski definition) is 4. The summed E-state index contributed by atoms with van der Waals surface area (Å²) in [6.07, 6.45) is 3.81. The Morgan fingerprint density at radius 1 is 0.360 bits per heavy atom. The van der Waals surface area contributed by atoms with Crippen LogP contribution in [-0.2, 0) is 32.5 Å². The number of rotatable bonds is 15. The van der Waals surface area contributed by atoms with Crippen molar-refractivity contribution in [2.45, 2.75) is 32.5 Å². The number of nitrogen functional groups attached to an aromatic ring is 1. The van der Waals surface area contributed by atoms with Crippen molar-refractivity contribution in [2.75, 3.05) is 21.7 Å². The topological polar surface area (TPSA) is 178 Å². The summed E-state index contributed by atoms with van der Waals surface area (Å²) in [5.74, 6) is 2.59. The van der Waals surface area contributed by atoms with E-state index in [1.807, 2.05) is 127 Å². The first-order valence-corrected chi connectivity index (χ1v) is 29.9. The molecule has 0 saturated heterocycles. The molecule has 5 aromatic carbocycles. The van der Waals surface area contributed by atoms with Gasteiger partial charge >= 0.3 is 0 Å². The van der Waals surface area contributed by atoms with Crippen LogP contribution in [0.5, 0.6) is 0 Å². The van der Waals surface area contributed by atoms with Crippen LogP contribution in [0.1, 0.15) is 59.0 Å². The predicted molar refractivity (Wildman–Crippen MR) is 361 cm³/mol. The molecular weight excluding hydrogens is 1370 g/mol. The van der Waals surface area contributed by atoms with Gasteiger partial charge in [-0.05, 0) is 172 Å². The van der Waals surface area contributed by atoms with Crippen LogP contribution in [0.4, 0.5) is 23.3 Å². The van der Waals surface area contributed by atoms with E-state index in [1.54, 1.807) is 66.7 Å². The van der Waals surface area contributed by atoms with Crippen molar-refractivity contribution in [3.63, 3.8) is 0 Å². The van der Waals surface area contributed by atoms with Crippen LogP contribution >= 0.6 is 132 Å². The smallest absolute Gasteiger partial charge is 0.153 e. The number of anilines is 4.